The van der Waals surface area contributed by atoms with E-state index in [4.69, 9.17) is 23.8 Å². The molecule has 0 aliphatic carbocycles. The minimum Gasteiger partial charge on any atom is -0.332 e. The summed E-state index contributed by atoms with van der Waals surface area (Å²) in [5, 5.41) is 11.6. The van der Waals surface area contributed by atoms with E-state index in [1.165, 1.54) is 12.1 Å². The summed E-state index contributed by atoms with van der Waals surface area (Å²) in [6.45, 7) is 2.52. The highest BCUT2D eigenvalue weighted by Crippen LogP contribution is 2.20. The van der Waals surface area contributed by atoms with Gasteiger partial charge in [0.05, 0.1) is 6.54 Å². The molecule has 3 aromatic rings. The monoisotopic (exact) mass is 374 g/mol. The topological polar surface area (TPSA) is 41.9 Å². The number of nitrogens with zero attached hydrogens (tertiary/aromatic N) is 2. The standard InChI is InChI=1S/C18H16ClFN4S/c1-12-2-5-14(19)10-16(12)21-18(25)22-17-8-9-24(23-17)11-13-3-6-15(20)7-4-13/h2-10H,11H2,1H3,(H2,21,22,23,25). The van der Waals surface area contributed by atoms with Crippen molar-refractivity contribution in [1.82, 2.24) is 9.78 Å². The van der Waals surface area contributed by atoms with Gasteiger partial charge in [0, 0.05) is 23.0 Å². The van der Waals surface area contributed by atoms with Crippen LogP contribution < -0.4 is 10.6 Å². The Hall–Kier alpha value is -2.44. The highest BCUT2D eigenvalue weighted by Gasteiger charge is 2.05. The number of aryl methyl sites for hydroxylation is 1. The first-order valence-electron chi connectivity index (χ1n) is 7.62. The van der Waals surface area contributed by atoms with Crippen LogP contribution in [0.25, 0.3) is 0 Å². The molecular weight excluding hydrogens is 359 g/mol. The molecule has 7 heteroatoms. The number of thiocarbonyl (C=S) groups is 1. The van der Waals surface area contributed by atoms with Crippen molar-refractivity contribution < 1.29 is 4.39 Å². The summed E-state index contributed by atoms with van der Waals surface area (Å²) < 4.78 is 14.7. The fourth-order valence-corrected chi connectivity index (χ4v) is 2.68. The van der Waals surface area contributed by atoms with Crippen LogP contribution in [0.5, 0.6) is 0 Å². The van der Waals surface area contributed by atoms with E-state index in [2.05, 4.69) is 15.7 Å². The minimum absolute atomic E-state index is 0.251. The van der Waals surface area contributed by atoms with Crippen LogP contribution in [0, 0.1) is 12.7 Å². The average Bonchev–Trinajstić information content (AvgIpc) is 3.00. The molecule has 0 bridgehead atoms. The highest BCUT2D eigenvalue weighted by molar-refractivity contribution is 7.80. The van der Waals surface area contributed by atoms with Crippen molar-refractivity contribution in [2.75, 3.05) is 10.6 Å². The molecule has 4 nitrogen and oxygen atoms in total. The molecule has 0 spiro atoms. The minimum atomic E-state index is -0.251. The van der Waals surface area contributed by atoms with Gasteiger partial charge < -0.3 is 10.6 Å². The zero-order chi connectivity index (χ0) is 17.8. The van der Waals surface area contributed by atoms with Gasteiger partial charge in [0.2, 0.25) is 0 Å². The Morgan fingerprint density at radius 3 is 2.68 bits per heavy atom. The summed E-state index contributed by atoms with van der Waals surface area (Å²) in [6.07, 6.45) is 1.83. The van der Waals surface area contributed by atoms with E-state index in [9.17, 15) is 4.39 Å². The Labute approximate surface area is 155 Å². The van der Waals surface area contributed by atoms with Crippen molar-refractivity contribution in [3.05, 3.63) is 76.7 Å². The van der Waals surface area contributed by atoms with E-state index < -0.39 is 0 Å². The van der Waals surface area contributed by atoms with Gasteiger partial charge in [-0.2, -0.15) is 5.10 Å². The van der Waals surface area contributed by atoms with Crippen LogP contribution in [0.3, 0.4) is 0 Å². The van der Waals surface area contributed by atoms with Gasteiger partial charge in [-0.25, -0.2) is 4.39 Å². The SMILES string of the molecule is Cc1ccc(Cl)cc1NC(=S)Nc1ccn(Cc2ccc(F)cc2)n1. The number of benzene rings is 2. The molecule has 128 valence electrons. The van der Waals surface area contributed by atoms with Crippen molar-refractivity contribution >= 4 is 40.4 Å². The Balaban J connectivity index is 1.61. The molecule has 2 N–H and O–H groups in total. The van der Waals surface area contributed by atoms with Crippen molar-refractivity contribution in [1.29, 1.82) is 0 Å². The quantitative estimate of drug-likeness (QED) is 0.641. The van der Waals surface area contributed by atoms with Crippen LogP contribution in [-0.2, 0) is 6.54 Å². The first-order valence-corrected chi connectivity index (χ1v) is 8.40. The predicted molar refractivity (Wildman–Crippen MR) is 104 cm³/mol. The maximum absolute atomic E-state index is 12.9. The van der Waals surface area contributed by atoms with Crippen LogP contribution in [0.15, 0.2) is 54.7 Å². The summed E-state index contributed by atoms with van der Waals surface area (Å²) in [5.41, 5.74) is 2.84. The maximum atomic E-state index is 12.9. The Kier molecular flexibility index (Phi) is 5.31. The van der Waals surface area contributed by atoms with Gasteiger partial charge in [0.1, 0.15) is 5.82 Å². The smallest absolute Gasteiger partial charge is 0.176 e. The summed E-state index contributed by atoms with van der Waals surface area (Å²) in [5.74, 6) is 0.374. The van der Waals surface area contributed by atoms with Crippen LogP contribution in [0.2, 0.25) is 5.02 Å². The molecule has 0 aliphatic rings. The maximum Gasteiger partial charge on any atom is 0.176 e. The van der Waals surface area contributed by atoms with Gasteiger partial charge >= 0.3 is 0 Å². The Morgan fingerprint density at radius 2 is 1.92 bits per heavy atom. The van der Waals surface area contributed by atoms with E-state index in [1.807, 2.05) is 37.4 Å². The van der Waals surface area contributed by atoms with E-state index >= 15 is 0 Å². The Bertz CT molecular complexity index is 892. The molecule has 0 saturated carbocycles. The third-order valence-electron chi connectivity index (χ3n) is 3.59. The van der Waals surface area contributed by atoms with E-state index in [-0.39, 0.29) is 5.82 Å². The van der Waals surface area contributed by atoms with Crippen molar-refractivity contribution in [3.8, 4) is 0 Å². The molecule has 0 unspecified atom stereocenters. The number of anilines is 2. The fraction of sp³-hybridized carbons (Fsp3) is 0.111. The normalized spacial score (nSPS) is 10.5. The second-order valence-electron chi connectivity index (χ2n) is 5.56. The molecule has 25 heavy (non-hydrogen) atoms. The average molecular weight is 375 g/mol. The highest BCUT2D eigenvalue weighted by atomic mass is 35.5. The molecular formula is C18H16ClFN4S. The summed E-state index contributed by atoms with van der Waals surface area (Å²) >= 11 is 11.3. The lowest BCUT2D eigenvalue weighted by molar-refractivity contribution is 0.624. The largest absolute Gasteiger partial charge is 0.332 e. The van der Waals surface area contributed by atoms with Crippen molar-refractivity contribution in [2.45, 2.75) is 13.5 Å². The lowest BCUT2D eigenvalue weighted by Gasteiger charge is -2.11. The number of nitrogens with one attached hydrogen (secondary N) is 2. The second kappa shape index (κ2) is 7.63. The van der Waals surface area contributed by atoms with Gasteiger partial charge in [0.15, 0.2) is 10.9 Å². The summed E-state index contributed by atoms with van der Waals surface area (Å²) in [6, 6.07) is 13.7. The number of hydrogen-bond acceptors (Lipinski definition) is 2. The molecule has 0 saturated heterocycles. The molecule has 0 aliphatic heterocycles. The zero-order valence-electron chi connectivity index (χ0n) is 13.5. The van der Waals surface area contributed by atoms with Crippen molar-refractivity contribution in [2.24, 2.45) is 0 Å². The van der Waals surface area contributed by atoms with Crippen molar-refractivity contribution in [3.63, 3.8) is 0 Å². The molecule has 3 rings (SSSR count). The Morgan fingerprint density at radius 1 is 1.16 bits per heavy atom. The van der Waals surface area contributed by atoms with Gasteiger partial charge in [-0.05, 0) is 54.5 Å². The lowest BCUT2D eigenvalue weighted by atomic mass is 10.2. The second-order valence-corrected chi connectivity index (χ2v) is 6.41. The fourth-order valence-electron chi connectivity index (χ4n) is 2.29. The lowest BCUT2D eigenvalue weighted by Crippen LogP contribution is -2.20. The number of rotatable bonds is 4. The van der Waals surface area contributed by atoms with Gasteiger partial charge in [0.25, 0.3) is 0 Å². The molecule has 0 radical (unpaired) electrons. The third kappa shape index (κ3) is 4.78. The molecule has 0 fully saturated rings. The molecule has 0 amide bonds. The van der Waals surface area contributed by atoms with Crippen LogP contribution in [0.4, 0.5) is 15.9 Å². The van der Waals surface area contributed by atoms with Crippen LogP contribution >= 0.6 is 23.8 Å². The molecule has 1 heterocycles. The van der Waals surface area contributed by atoms with Crippen LogP contribution in [-0.4, -0.2) is 14.9 Å². The third-order valence-corrected chi connectivity index (χ3v) is 4.03. The zero-order valence-corrected chi connectivity index (χ0v) is 15.0. The summed E-state index contributed by atoms with van der Waals surface area (Å²) in [7, 11) is 0. The van der Waals surface area contributed by atoms with E-state index in [1.54, 1.807) is 16.8 Å². The van der Waals surface area contributed by atoms with Gasteiger partial charge in [-0.15, -0.1) is 0 Å². The van der Waals surface area contributed by atoms with E-state index in [0.717, 1.165) is 16.8 Å². The first kappa shape index (κ1) is 17.4. The molecule has 0 atom stereocenters. The van der Waals surface area contributed by atoms with Crippen LogP contribution in [0.1, 0.15) is 11.1 Å². The number of halogens is 2. The summed E-state index contributed by atoms with van der Waals surface area (Å²) in [4.78, 5) is 0. The number of hydrogen-bond donors (Lipinski definition) is 2. The molecule has 2 aromatic carbocycles. The molecule has 1 aromatic heterocycles. The van der Waals surface area contributed by atoms with E-state index in [0.29, 0.717) is 22.5 Å². The first-order chi connectivity index (χ1) is 12.0. The van der Waals surface area contributed by atoms with Gasteiger partial charge in [-0.1, -0.05) is 29.8 Å². The predicted octanol–water partition coefficient (Wildman–Crippen LogP) is 4.84. The van der Waals surface area contributed by atoms with Gasteiger partial charge in [-0.3, -0.25) is 4.68 Å². The number of aromatic nitrogens is 2.